The minimum absolute atomic E-state index is 0.241. The molecule has 0 bridgehead atoms. The molecule has 1 aromatic carbocycles. The number of rotatable bonds is 3. The smallest absolute Gasteiger partial charge is 0.124 e. The van der Waals surface area contributed by atoms with Crippen LogP contribution in [0.5, 0.6) is 0 Å². The molecule has 0 aromatic heterocycles. The van der Waals surface area contributed by atoms with Crippen molar-refractivity contribution in [1.82, 2.24) is 0 Å². The molecule has 2 rings (SSSR count). The van der Waals surface area contributed by atoms with E-state index in [1.807, 2.05) is 0 Å². The van der Waals surface area contributed by atoms with E-state index in [1.165, 1.54) is 37.8 Å². The molecular formula is C15H20BrFO. The van der Waals surface area contributed by atoms with Gasteiger partial charge in [-0.1, -0.05) is 47.7 Å². The van der Waals surface area contributed by atoms with Crippen molar-refractivity contribution in [3.8, 4) is 0 Å². The molecule has 1 aromatic rings. The fourth-order valence-electron chi connectivity index (χ4n) is 2.77. The molecule has 3 heteroatoms. The van der Waals surface area contributed by atoms with Gasteiger partial charge in [0, 0.05) is 4.47 Å². The fourth-order valence-corrected chi connectivity index (χ4v) is 3.29. The summed E-state index contributed by atoms with van der Waals surface area (Å²) in [6, 6.07) is 4.69. The highest BCUT2D eigenvalue weighted by Gasteiger charge is 2.21. The summed E-state index contributed by atoms with van der Waals surface area (Å²) >= 11 is 3.36. The molecule has 1 atom stereocenters. The second-order valence-corrected chi connectivity index (χ2v) is 6.11. The van der Waals surface area contributed by atoms with Gasteiger partial charge in [0.2, 0.25) is 0 Å². The third-order valence-electron chi connectivity index (χ3n) is 3.89. The Morgan fingerprint density at radius 2 is 1.89 bits per heavy atom. The van der Waals surface area contributed by atoms with Gasteiger partial charge in [0.25, 0.3) is 0 Å². The maximum atomic E-state index is 13.0. The molecule has 1 aliphatic carbocycles. The number of aliphatic hydroxyl groups excluding tert-OH is 1. The number of hydrogen-bond acceptors (Lipinski definition) is 1. The average molecular weight is 315 g/mol. The van der Waals surface area contributed by atoms with Crippen molar-refractivity contribution in [1.29, 1.82) is 0 Å². The number of aliphatic hydroxyl groups is 1. The summed E-state index contributed by atoms with van der Waals surface area (Å²) in [5.74, 6) is 0.166. The van der Waals surface area contributed by atoms with Crippen LogP contribution in [0.2, 0.25) is 0 Å². The molecule has 1 unspecified atom stereocenters. The molecule has 18 heavy (non-hydrogen) atoms. The van der Waals surface area contributed by atoms with E-state index >= 15 is 0 Å². The fraction of sp³-hybridized carbons (Fsp3) is 0.600. The van der Waals surface area contributed by atoms with Crippen LogP contribution < -0.4 is 0 Å². The SMILES string of the molecule is OC(Cc1ccc(F)cc1Br)C1CCCCCC1. The monoisotopic (exact) mass is 314 g/mol. The van der Waals surface area contributed by atoms with E-state index < -0.39 is 0 Å². The maximum absolute atomic E-state index is 13.0. The summed E-state index contributed by atoms with van der Waals surface area (Å²) in [4.78, 5) is 0. The lowest BCUT2D eigenvalue weighted by atomic mass is 9.90. The Morgan fingerprint density at radius 1 is 1.22 bits per heavy atom. The van der Waals surface area contributed by atoms with E-state index in [1.54, 1.807) is 6.07 Å². The molecular weight excluding hydrogens is 295 g/mol. The van der Waals surface area contributed by atoms with Crippen molar-refractivity contribution >= 4 is 15.9 Å². The highest BCUT2D eigenvalue weighted by Crippen LogP contribution is 2.28. The molecule has 0 radical (unpaired) electrons. The zero-order valence-corrected chi connectivity index (χ0v) is 12.1. The van der Waals surface area contributed by atoms with Gasteiger partial charge in [0.1, 0.15) is 5.82 Å². The molecule has 1 nitrogen and oxygen atoms in total. The van der Waals surface area contributed by atoms with Crippen LogP contribution >= 0.6 is 15.9 Å². The van der Waals surface area contributed by atoms with E-state index in [9.17, 15) is 9.50 Å². The highest BCUT2D eigenvalue weighted by molar-refractivity contribution is 9.10. The normalized spacial score (nSPS) is 19.5. The second kappa shape index (κ2) is 6.67. The lowest BCUT2D eigenvalue weighted by molar-refractivity contribution is 0.0984. The first-order valence-electron chi connectivity index (χ1n) is 6.79. The van der Waals surface area contributed by atoms with Crippen LogP contribution in [-0.2, 0) is 6.42 Å². The van der Waals surface area contributed by atoms with Crippen molar-refractivity contribution in [3.05, 3.63) is 34.1 Å². The first-order chi connectivity index (χ1) is 8.66. The van der Waals surface area contributed by atoms with E-state index in [-0.39, 0.29) is 11.9 Å². The van der Waals surface area contributed by atoms with Crippen molar-refractivity contribution in [2.45, 2.75) is 51.0 Å². The van der Waals surface area contributed by atoms with Crippen LogP contribution in [0, 0.1) is 11.7 Å². The Labute approximate surface area is 117 Å². The topological polar surface area (TPSA) is 20.2 Å². The number of benzene rings is 1. The summed E-state index contributed by atoms with van der Waals surface area (Å²) in [6.07, 6.45) is 7.61. The van der Waals surface area contributed by atoms with Gasteiger partial charge in [0.05, 0.1) is 6.10 Å². The first kappa shape index (κ1) is 14.0. The number of hydrogen-bond donors (Lipinski definition) is 1. The summed E-state index contributed by atoms with van der Waals surface area (Å²) < 4.78 is 13.8. The second-order valence-electron chi connectivity index (χ2n) is 5.26. The van der Waals surface area contributed by atoms with Gasteiger partial charge < -0.3 is 5.11 Å². The van der Waals surface area contributed by atoms with E-state index in [2.05, 4.69) is 15.9 Å². The zero-order chi connectivity index (χ0) is 13.0. The van der Waals surface area contributed by atoms with Gasteiger partial charge in [0.15, 0.2) is 0 Å². The van der Waals surface area contributed by atoms with Crippen molar-refractivity contribution < 1.29 is 9.50 Å². The predicted octanol–water partition coefficient (Wildman–Crippen LogP) is 4.46. The van der Waals surface area contributed by atoms with E-state index in [0.29, 0.717) is 12.3 Å². The van der Waals surface area contributed by atoms with Gasteiger partial charge in [-0.05, 0) is 42.9 Å². The predicted molar refractivity (Wildman–Crippen MR) is 75.0 cm³/mol. The largest absolute Gasteiger partial charge is 0.392 e. The maximum Gasteiger partial charge on any atom is 0.124 e. The molecule has 0 saturated heterocycles. The van der Waals surface area contributed by atoms with Crippen LogP contribution in [0.3, 0.4) is 0 Å². The Kier molecular flexibility index (Phi) is 5.19. The Morgan fingerprint density at radius 3 is 2.50 bits per heavy atom. The summed E-state index contributed by atoms with van der Waals surface area (Å²) in [7, 11) is 0. The molecule has 1 saturated carbocycles. The molecule has 1 N–H and O–H groups in total. The standard InChI is InChI=1S/C15H20BrFO/c16-14-10-13(17)8-7-12(14)9-15(18)11-5-3-1-2-4-6-11/h7-8,10-11,15,18H,1-6,9H2. The van der Waals surface area contributed by atoms with Crippen molar-refractivity contribution in [3.63, 3.8) is 0 Å². The van der Waals surface area contributed by atoms with E-state index in [0.717, 1.165) is 22.9 Å². The number of halogens is 2. The Balaban J connectivity index is 1.98. The van der Waals surface area contributed by atoms with Gasteiger partial charge in [-0.15, -0.1) is 0 Å². The molecule has 0 spiro atoms. The lowest BCUT2D eigenvalue weighted by Crippen LogP contribution is -2.22. The van der Waals surface area contributed by atoms with Crippen LogP contribution in [0.4, 0.5) is 4.39 Å². The minimum atomic E-state index is -0.301. The van der Waals surface area contributed by atoms with Crippen LogP contribution in [0.15, 0.2) is 22.7 Å². The summed E-state index contributed by atoms with van der Waals surface area (Å²) in [5.41, 5.74) is 0.994. The molecule has 1 aliphatic rings. The zero-order valence-electron chi connectivity index (χ0n) is 10.5. The van der Waals surface area contributed by atoms with Crippen molar-refractivity contribution in [2.75, 3.05) is 0 Å². The van der Waals surface area contributed by atoms with Gasteiger partial charge in [-0.25, -0.2) is 4.39 Å². The van der Waals surface area contributed by atoms with Gasteiger partial charge in [-0.2, -0.15) is 0 Å². The third-order valence-corrected chi connectivity index (χ3v) is 4.63. The van der Waals surface area contributed by atoms with Crippen molar-refractivity contribution in [2.24, 2.45) is 5.92 Å². The first-order valence-corrected chi connectivity index (χ1v) is 7.58. The average Bonchev–Trinajstić information content (AvgIpc) is 2.61. The minimum Gasteiger partial charge on any atom is -0.392 e. The van der Waals surface area contributed by atoms with Crippen LogP contribution in [-0.4, -0.2) is 11.2 Å². The lowest BCUT2D eigenvalue weighted by Gasteiger charge is -2.21. The van der Waals surface area contributed by atoms with Crippen LogP contribution in [0.25, 0.3) is 0 Å². The summed E-state index contributed by atoms with van der Waals surface area (Å²) in [5, 5.41) is 10.3. The molecule has 100 valence electrons. The third kappa shape index (κ3) is 3.79. The quantitative estimate of drug-likeness (QED) is 0.816. The van der Waals surface area contributed by atoms with E-state index in [4.69, 9.17) is 0 Å². The Hall–Kier alpha value is -0.410. The Bertz CT molecular complexity index is 386. The molecule has 1 fully saturated rings. The van der Waals surface area contributed by atoms with Gasteiger partial charge in [-0.3, -0.25) is 0 Å². The molecule has 0 aliphatic heterocycles. The van der Waals surface area contributed by atoms with Crippen LogP contribution in [0.1, 0.15) is 44.1 Å². The highest BCUT2D eigenvalue weighted by atomic mass is 79.9. The molecule has 0 heterocycles. The molecule has 0 amide bonds. The summed E-state index contributed by atoms with van der Waals surface area (Å²) in [6.45, 7) is 0. The van der Waals surface area contributed by atoms with Gasteiger partial charge >= 0.3 is 0 Å².